The number of aromatic nitrogens is 1. The van der Waals surface area contributed by atoms with Crippen molar-refractivity contribution in [3.8, 4) is 10.6 Å². The van der Waals surface area contributed by atoms with Gasteiger partial charge in [0.25, 0.3) is 0 Å². The lowest BCUT2D eigenvalue weighted by molar-refractivity contribution is 0.292. The highest BCUT2D eigenvalue weighted by Crippen LogP contribution is 2.27. The number of hydrogen-bond acceptors (Lipinski definition) is 4. The summed E-state index contributed by atoms with van der Waals surface area (Å²) in [6.45, 7) is 12.9. The Labute approximate surface area is 197 Å². The molecule has 0 bridgehead atoms. The van der Waals surface area contributed by atoms with Crippen LogP contribution in [0.3, 0.4) is 0 Å². The van der Waals surface area contributed by atoms with Crippen molar-refractivity contribution in [2.75, 3.05) is 26.7 Å². The Hall–Kier alpha value is -1.19. The summed E-state index contributed by atoms with van der Waals surface area (Å²) >= 11 is 1.74. The van der Waals surface area contributed by atoms with E-state index >= 15 is 0 Å². The van der Waals surface area contributed by atoms with E-state index in [0.717, 1.165) is 49.3 Å². The molecule has 2 N–H and O–H groups in total. The van der Waals surface area contributed by atoms with E-state index in [4.69, 9.17) is 4.98 Å². The van der Waals surface area contributed by atoms with Gasteiger partial charge in [0.1, 0.15) is 5.01 Å². The Balaban J connectivity index is 0.00000420. The molecule has 1 atom stereocenters. The summed E-state index contributed by atoms with van der Waals surface area (Å²) in [5.74, 6) is 0.851. The Morgan fingerprint density at radius 2 is 1.90 bits per heavy atom. The van der Waals surface area contributed by atoms with Crippen LogP contribution in [0.15, 0.2) is 35.3 Å². The fraction of sp³-hybridized carbons (Fsp3) is 0.545. The highest BCUT2D eigenvalue weighted by atomic mass is 127. The van der Waals surface area contributed by atoms with Crippen LogP contribution in [0.25, 0.3) is 10.6 Å². The highest BCUT2D eigenvalue weighted by Gasteiger charge is 2.11. The van der Waals surface area contributed by atoms with Crippen LogP contribution in [0, 0.1) is 6.92 Å². The molecular formula is C22H36IN5S. The second-order valence-electron chi connectivity index (χ2n) is 7.03. The number of halogens is 1. The van der Waals surface area contributed by atoms with Gasteiger partial charge in [-0.15, -0.1) is 35.3 Å². The minimum absolute atomic E-state index is 0. The lowest BCUT2D eigenvalue weighted by Gasteiger charge is -2.21. The summed E-state index contributed by atoms with van der Waals surface area (Å²) in [6.07, 6.45) is 2.33. The van der Waals surface area contributed by atoms with Crippen molar-refractivity contribution < 1.29 is 0 Å². The van der Waals surface area contributed by atoms with Crippen molar-refractivity contribution >= 4 is 41.3 Å². The van der Waals surface area contributed by atoms with Gasteiger partial charge in [-0.25, -0.2) is 4.98 Å². The van der Waals surface area contributed by atoms with E-state index in [2.05, 4.69) is 72.5 Å². The van der Waals surface area contributed by atoms with Crippen molar-refractivity contribution in [3.05, 3.63) is 40.9 Å². The minimum Gasteiger partial charge on any atom is -0.354 e. The number of aliphatic imine (C=N–C) groups is 1. The van der Waals surface area contributed by atoms with Gasteiger partial charge in [0.05, 0.1) is 12.2 Å². The summed E-state index contributed by atoms with van der Waals surface area (Å²) in [4.78, 5) is 12.8. The zero-order valence-corrected chi connectivity index (χ0v) is 21.5. The largest absolute Gasteiger partial charge is 0.354 e. The van der Waals surface area contributed by atoms with Crippen LogP contribution in [0.5, 0.6) is 0 Å². The SMILES string of the molecule is CCN(CC)CCCC(C)NC(=NC)NCc1sc(-c2ccccc2)nc1C.I. The maximum Gasteiger partial charge on any atom is 0.191 e. The van der Waals surface area contributed by atoms with Crippen molar-refractivity contribution in [2.45, 2.75) is 53.1 Å². The molecule has 0 spiro atoms. The van der Waals surface area contributed by atoms with Crippen LogP contribution in [-0.4, -0.2) is 48.6 Å². The van der Waals surface area contributed by atoms with Crippen LogP contribution >= 0.6 is 35.3 Å². The minimum atomic E-state index is 0. The standard InChI is InChI=1S/C22H35N5S.HI/c1-6-27(7-2)15-11-12-17(3)25-22(23-5)24-16-20-18(4)26-21(28-20)19-13-9-8-10-14-19;/h8-10,13-14,17H,6-7,11-12,15-16H2,1-5H3,(H2,23,24,25);1H. The molecule has 29 heavy (non-hydrogen) atoms. The van der Waals surface area contributed by atoms with Crippen molar-refractivity contribution in [1.29, 1.82) is 0 Å². The number of nitrogens with zero attached hydrogens (tertiary/aromatic N) is 3. The van der Waals surface area contributed by atoms with E-state index in [1.54, 1.807) is 11.3 Å². The predicted molar refractivity (Wildman–Crippen MR) is 138 cm³/mol. The average molecular weight is 530 g/mol. The van der Waals surface area contributed by atoms with Crippen LogP contribution in [-0.2, 0) is 6.54 Å². The normalized spacial score (nSPS) is 12.6. The number of guanidine groups is 1. The molecule has 0 aliphatic rings. The third-order valence-corrected chi connectivity index (χ3v) is 6.15. The Bertz CT molecular complexity index is 728. The maximum absolute atomic E-state index is 4.73. The molecule has 0 saturated heterocycles. The van der Waals surface area contributed by atoms with Crippen molar-refractivity contribution in [2.24, 2.45) is 4.99 Å². The molecule has 0 fully saturated rings. The van der Waals surface area contributed by atoms with Gasteiger partial charge >= 0.3 is 0 Å². The summed E-state index contributed by atoms with van der Waals surface area (Å²) in [6, 6.07) is 10.7. The fourth-order valence-electron chi connectivity index (χ4n) is 3.12. The van der Waals surface area contributed by atoms with Crippen molar-refractivity contribution in [1.82, 2.24) is 20.5 Å². The third-order valence-electron chi connectivity index (χ3n) is 4.94. The topological polar surface area (TPSA) is 52.5 Å². The molecule has 2 aromatic rings. The molecule has 1 aromatic heterocycles. The van der Waals surface area contributed by atoms with Gasteiger partial charge in [-0.1, -0.05) is 44.2 Å². The van der Waals surface area contributed by atoms with E-state index in [-0.39, 0.29) is 24.0 Å². The predicted octanol–water partition coefficient (Wildman–Crippen LogP) is 4.91. The number of hydrogen-bond donors (Lipinski definition) is 2. The van der Waals surface area contributed by atoms with Gasteiger partial charge < -0.3 is 15.5 Å². The molecule has 2 rings (SSSR count). The Kier molecular flexibility index (Phi) is 12.4. The zero-order valence-electron chi connectivity index (χ0n) is 18.4. The van der Waals surface area contributed by atoms with Crippen molar-refractivity contribution in [3.63, 3.8) is 0 Å². The molecule has 0 radical (unpaired) electrons. The Morgan fingerprint density at radius 1 is 1.21 bits per heavy atom. The van der Waals surface area contributed by atoms with E-state index < -0.39 is 0 Å². The first-order valence-corrected chi connectivity index (χ1v) is 11.1. The van der Waals surface area contributed by atoms with Gasteiger partial charge in [-0.3, -0.25) is 4.99 Å². The molecule has 1 aromatic carbocycles. The summed E-state index contributed by atoms with van der Waals surface area (Å²) in [7, 11) is 1.83. The second-order valence-corrected chi connectivity index (χ2v) is 8.12. The molecule has 0 aliphatic heterocycles. The Morgan fingerprint density at radius 3 is 2.52 bits per heavy atom. The van der Waals surface area contributed by atoms with Gasteiger partial charge in [-0.2, -0.15) is 0 Å². The van der Waals surface area contributed by atoms with Gasteiger partial charge in [0, 0.05) is 23.5 Å². The average Bonchev–Trinajstić information content (AvgIpc) is 3.09. The molecule has 0 aliphatic carbocycles. The number of rotatable bonds is 10. The van der Waals surface area contributed by atoms with Gasteiger partial charge in [-0.05, 0) is 46.3 Å². The second kappa shape index (κ2) is 13.9. The quantitative estimate of drug-likeness (QED) is 0.261. The van der Waals surface area contributed by atoms with Gasteiger partial charge in [0.15, 0.2) is 5.96 Å². The first kappa shape index (κ1) is 25.8. The molecule has 1 unspecified atom stereocenters. The number of nitrogens with one attached hydrogen (secondary N) is 2. The number of aryl methyl sites for hydroxylation is 1. The van der Waals surface area contributed by atoms with Gasteiger partial charge in [0.2, 0.25) is 0 Å². The highest BCUT2D eigenvalue weighted by molar-refractivity contribution is 14.0. The van der Waals surface area contributed by atoms with E-state index in [9.17, 15) is 0 Å². The zero-order chi connectivity index (χ0) is 20.4. The molecule has 0 amide bonds. The lowest BCUT2D eigenvalue weighted by atomic mass is 10.2. The summed E-state index contributed by atoms with van der Waals surface area (Å²) in [5.41, 5.74) is 2.25. The summed E-state index contributed by atoms with van der Waals surface area (Å²) in [5, 5.41) is 8.02. The molecule has 1 heterocycles. The molecule has 5 nitrogen and oxygen atoms in total. The van der Waals surface area contributed by atoms with Crippen LogP contribution < -0.4 is 10.6 Å². The smallest absolute Gasteiger partial charge is 0.191 e. The molecule has 0 saturated carbocycles. The lowest BCUT2D eigenvalue weighted by Crippen LogP contribution is -2.42. The molecular weight excluding hydrogens is 493 g/mol. The van der Waals surface area contributed by atoms with E-state index in [1.165, 1.54) is 16.9 Å². The monoisotopic (exact) mass is 529 g/mol. The third kappa shape index (κ3) is 8.60. The first-order chi connectivity index (χ1) is 13.6. The maximum atomic E-state index is 4.73. The molecule has 162 valence electrons. The fourth-order valence-corrected chi connectivity index (χ4v) is 4.13. The van der Waals surface area contributed by atoms with Crippen LogP contribution in [0.1, 0.15) is 44.2 Å². The van der Waals surface area contributed by atoms with E-state index in [1.807, 2.05) is 13.1 Å². The first-order valence-electron chi connectivity index (χ1n) is 10.3. The van der Waals surface area contributed by atoms with Crippen LogP contribution in [0.2, 0.25) is 0 Å². The van der Waals surface area contributed by atoms with Crippen LogP contribution in [0.4, 0.5) is 0 Å². The molecule has 7 heteroatoms. The summed E-state index contributed by atoms with van der Waals surface area (Å²) < 4.78 is 0. The van der Waals surface area contributed by atoms with E-state index in [0.29, 0.717) is 6.04 Å². The number of benzene rings is 1. The number of thiazole rings is 1.